The van der Waals surface area contributed by atoms with Crippen LogP contribution in [-0.2, 0) is 4.79 Å². The minimum absolute atomic E-state index is 0.149. The number of hydrogen-bond donors (Lipinski definition) is 2. The number of carbonyl (C=O) groups is 2. The van der Waals surface area contributed by atoms with Crippen molar-refractivity contribution in [1.82, 2.24) is 5.43 Å². The average Bonchev–Trinajstić information content (AvgIpc) is 2.52. The van der Waals surface area contributed by atoms with Gasteiger partial charge in [-0.2, -0.15) is 5.10 Å². The summed E-state index contributed by atoms with van der Waals surface area (Å²) >= 11 is 5.97. The van der Waals surface area contributed by atoms with Crippen LogP contribution in [0, 0.1) is 0 Å². The molecule has 118 valence electrons. The second kappa shape index (κ2) is 7.56. The van der Waals surface area contributed by atoms with Gasteiger partial charge in [0.1, 0.15) is 0 Å². The summed E-state index contributed by atoms with van der Waals surface area (Å²) in [5, 5.41) is 7.14. The van der Waals surface area contributed by atoms with E-state index in [-0.39, 0.29) is 11.8 Å². The van der Waals surface area contributed by atoms with Crippen molar-refractivity contribution in [3.8, 4) is 0 Å². The highest BCUT2D eigenvalue weighted by Gasteiger charge is 2.09. The van der Waals surface area contributed by atoms with Crippen LogP contribution in [0.15, 0.2) is 53.6 Å². The number of halogens is 1. The fourth-order valence-corrected chi connectivity index (χ4v) is 2.15. The zero-order valence-corrected chi connectivity index (χ0v) is 13.5. The van der Waals surface area contributed by atoms with Crippen molar-refractivity contribution in [3.05, 3.63) is 64.7 Å². The first-order valence-electron chi connectivity index (χ1n) is 6.94. The summed E-state index contributed by atoms with van der Waals surface area (Å²) in [6.45, 7) is 3.21. The number of carbonyl (C=O) groups excluding carboxylic acids is 2. The Hall–Kier alpha value is -2.66. The Morgan fingerprint density at radius 3 is 2.48 bits per heavy atom. The van der Waals surface area contributed by atoms with Crippen LogP contribution in [0.4, 0.5) is 5.69 Å². The standard InChI is InChI=1S/C17H16ClN3O2/c1-11(13-6-5-7-14(10-13)19-12(2)22)20-21-17(23)15-8-3-4-9-16(15)18/h3-10H,1-2H3,(H,19,22)(H,21,23)/b20-11+. The molecule has 2 amide bonds. The highest BCUT2D eigenvalue weighted by Crippen LogP contribution is 2.15. The largest absolute Gasteiger partial charge is 0.326 e. The van der Waals surface area contributed by atoms with E-state index < -0.39 is 0 Å². The van der Waals surface area contributed by atoms with Crippen molar-refractivity contribution in [2.75, 3.05) is 5.32 Å². The van der Waals surface area contributed by atoms with Crippen molar-refractivity contribution < 1.29 is 9.59 Å². The molecule has 0 saturated heterocycles. The summed E-state index contributed by atoms with van der Waals surface area (Å²) in [6, 6.07) is 13.9. The van der Waals surface area contributed by atoms with Crippen molar-refractivity contribution in [1.29, 1.82) is 0 Å². The molecule has 0 bridgehead atoms. The van der Waals surface area contributed by atoms with Gasteiger partial charge in [0.15, 0.2) is 0 Å². The Morgan fingerprint density at radius 1 is 1.04 bits per heavy atom. The lowest BCUT2D eigenvalue weighted by molar-refractivity contribution is -0.114. The highest BCUT2D eigenvalue weighted by molar-refractivity contribution is 6.33. The Bertz CT molecular complexity index is 772. The van der Waals surface area contributed by atoms with Gasteiger partial charge in [-0.3, -0.25) is 9.59 Å². The first-order chi connectivity index (χ1) is 11.0. The van der Waals surface area contributed by atoms with Gasteiger partial charge in [-0.25, -0.2) is 5.43 Å². The maximum Gasteiger partial charge on any atom is 0.272 e. The molecule has 2 N–H and O–H groups in total. The molecule has 2 aromatic rings. The predicted molar refractivity (Wildman–Crippen MR) is 91.9 cm³/mol. The molecule has 0 aliphatic rings. The van der Waals surface area contributed by atoms with Gasteiger partial charge in [0.25, 0.3) is 5.91 Å². The lowest BCUT2D eigenvalue weighted by Gasteiger charge is -2.06. The van der Waals surface area contributed by atoms with E-state index in [1.54, 1.807) is 49.4 Å². The fraction of sp³-hybridized carbons (Fsp3) is 0.118. The lowest BCUT2D eigenvalue weighted by atomic mass is 10.1. The summed E-state index contributed by atoms with van der Waals surface area (Å²) in [4.78, 5) is 23.1. The van der Waals surface area contributed by atoms with E-state index in [2.05, 4.69) is 15.8 Å². The molecule has 0 aliphatic carbocycles. The molecule has 0 atom stereocenters. The number of anilines is 1. The Balaban J connectivity index is 2.12. The van der Waals surface area contributed by atoms with Crippen molar-refractivity contribution >= 4 is 34.8 Å². The van der Waals surface area contributed by atoms with Gasteiger partial charge in [0.05, 0.1) is 16.3 Å². The van der Waals surface area contributed by atoms with E-state index >= 15 is 0 Å². The number of amides is 2. The van der Waals surface area contributed by atoms with Gasteiger partial charge in [-0.15, -0.1) is 0 Å². The Kier molecular flexibility index (Phi) is 5.49. The van der Waals surface area contributed by atoms with Crippen molar-refractivity contribution in [2.24, 2.45) is 5.10 Å². The smallest absolute Gasteiger partial charge is 0.272 e. The molecule has 0 unspecified atom stereocenters. The minimum atomic E-state index is -0.382. The van der Waals surface area contributed by atoms with Gasteiger partial charge in [0.2, 0.25) is 5.91 Å². The number of nitrogens with zero attached hydrogens (tertiary/aromatic N) is 1. The quantitative estimate of drug-likeness (QED) is 0.666. The molecule has 5 nitrogen and oxygen atoms in total. The summed E-state index contributed by atoms with van der Waals surface area (Å²) in [5.41, 5.74) is 4.90. The van der Waals surface area contributed by atoms with Crippen LogP contribution in [-0.4, -0.2) is 17.5 Å². The third kappa shape index (κ3) is 4.66. The molecule has 0 spiro atoms. The third-order valence-electron chi connectivity index (χ3n) is 3.04. The normalized spacial score (nSPS) is 11.0. The van der Waals surface area contributed by atoms with E-state index in [4.69, 9.17) is 11.6 Å². The third-order valence-corrected chi connectivity index (χ3v) is 3.37. The zero-order valence-electron chi connectivity index (χ0n) is 12.8. The topological polar surface area (TPSA) is 70.6 Å². The molecule has 2 aromatic carbocycles. The van der Waals surface area contributed by atoms with Crippen LogP contribution >= 0.6 is 11.6 Å². The Morgan fingerprint density at radius 2 is 1.78 bits per heavy atom. The average molecular weight is 330 g/mol. The summed E-state index contributed by atoms with van der Waals surface area (Å²) in [7, 11) is 0. The van der Waals surface area contributed by atoms with Crippen LogP contribution in [0.5, 0.6) is 0 Å². The summed E-state index contributed by atoms with van der Waals surface area (Å²) in [5.74, 6) is -0.531. The SMILES string of the molecule is CC(=O)Nc1cccc(/C(C)=N/NC(=O)c2ccccc2Cl)c1. The number of hydrogen-bond acceptors (Lipinski definition) is 3. The first kappa shape index (κ1) is 16.7. The number of hydrazone groups is 1. The van der Waals surface area contributed by atoms with E-state index in [9.17, 15) is 9.59 Å². The van der Waals surface area contributed by atoms with Crippen molar-refractivity contribution in [2.45, 2.75) is 13.8 Å². The van der Waals surface area contributed by atoms with E-state index in [0.29, 0.717) is 22.0 Å². The molecule has 0 aromatic heterocycles. The maximum atomic E-state index is 12.1. The van der Waals surface area contributed by atoms with Crippen LogP contribution in [0.2, 0.25) is 5.02 Å². The van der Waals surface area contributed by atoms with Gasteiger partial charge in [-0.05, 0) is 36.8 Å². The minimum Gasteiger partial charge on any atom is -0.326 e. The number of nitrogens with one attached hydrogen (secondary N) is 2. The van der Waals surface area contributed by atoms with Crippen molar-refractivity contribution in [3.63, 3.8) is 0 Å². The van der Waals surface area contributed by atoms with Gasteiger partial charge in [0, 0.05) is 12.6 Å². The monoisotopic (exact) mass is 329 g/mol. The molecule has 0 saturated carbocycles. The maximum absolute atomic E-state index is 12.1. The number of benzene rings is 2. The molecule has 6 heteroatoms. The second-order valence-corrected chi connectivity index (χ2v) is 5.29. The first-order valence-corrected chi connectivity index (χ1v) is 7.32. The van der Waals surface area contributed by atoms with Gasteiger partial charge >= 0.3 is 0 Å². The molecule has 23 heavy (non-hydrogen) atoms. The fourth-order valence-electron chi connectivity index (χ4n) is 1.93. The molecule has 0 radical (unpaired) electrons. The van der Waals surface area contributed by atoms with Crippen LogP contribution in [0.1, 0.15) is 29.8 Å². The molecular formula is C17H16ClN3O2. The Labute approximate surface area is 139 Å². The zero-order chi connectivity index (χ0) is 16.8. The van der Waals surface area contributed by atoms with Crippen LogP contribution in [0.3, 0.4) is 0 Å². The van der Waals surface area contributed by atoms with E-state index in [1.807, 2.05) is 6.07 Å². The summed E-state index contributed by atoms with van der Waals surface area (Å²) in [6.07, 6.45) is 0. The van der Waals surface area contributed by atoms with Gasteiger partial charge in [-0.1, -0.05) is 35.9 Å². The summed E-state index contributed by atoms with van der Waals surface area (Å²) < 4.78 is 0. The highest BCUT2D eigenvalue weighted by atomic mass is 35.5. The molecule has 2 rings (SSSR count). The molecular weight excluding hydrogens is 314 g/mol. The second-order valence-electron chi connectivity index (χ2n) is 4.88. The molecule has 0 fully saturated rings. The molecule has 0 aliphatic heterocycles. The molecule has 0 heterocycles. The predicted octanol–water partition coefficient (Wildman–Crippen LogP) is 3.45. The lowest BCUT2D eigenvalue weighted by Crippen LogP contribution is -2.19. The number of rotatable bonds is 4. The van der Waals surface area contributed by atoms with E-state index in [1.165, 1.54) is 6.92 Å². The van der Waals surface area contributed by atoms with Gasteiger partial charge < -0.3 is 5.32 Å². The van der Waals surface area contributed by atoms with Crippen LogP contribution in [0.25, 0.3) is 0 Å². The van der Waals surface area contributed by atoms with Crippen LogP contribution < -0.4 is 10.7 Å². The van der Waals surface area contributed by atoms with E-state index in [0.717, 1.165) is 5.56 Å².